The van der Waals surface area contributed by atoms with Crippen molar-refractivity contribution in [3.63, 3.8) is 0 Å². The van der Waals surface area contributed by atoms with E-state index < -0.39 is 0 Å². The van der Waals surface area contributed by atoms with Crippen LogP contribution in [0.4, 0.5) is 0 Å². The molecule has 4 aromatic rings. The van der Waals surface area contributed by atoms with E-state index >= 15 is 0 Å². The van der Waals surface area contributed by atoms with Gasteiger partial charge in [-0.25, -0.2) is 0 Å². The molecule has 0 radical (unpaired) electrons. The SMILES string of the molecule is N#Cc1ccc([C@H](c2ccccc2)c2ccn(C(=O)Cc3ccc4c(c3)CCO4)c2)cc1. The second-order valence-corrected chi connectivity index (χ2v) is 8.04. The van der Waals surface area contributed by atoms with Crippen molar-refractivity contribution >= 4 is 5.91 Å². The summed E-state index contributed by atoms with van der Waals surface area (Å²) in [5, 5.41) is 9.14. The lowest BCUT2D eigenvalue weighted by atomic mass is 9.86. The number of benzene rings is 3. The van der Waals surface area contributed by atoms with Gasteiger partial charge in [-0.15, -0.1) is 0 Å². The largest absolute Gasteiger partial charge is 0.493 e. The van der Waals surface area contributed by atoms with Gasteiger partial charge >= 0.3 is 0 Å². The van der Waals surface area contributed by atoms with Gasteiger partial charge < -0.3 is 4.74 Å². The molecule has 156 valence electrons. The molecule has 32 heavy (non-hydrogen) atoms. The lowest BCUT2D eigenvalue weighted by molar-refractivity contribution is 0.0914. The first kappa shape index (κ1) is 19.8. The second-order valence-electron chi connectivity index (χ2n) is 8.04. The van der Waals surface area contributed by atoms with Gasteiger partial charge in [0, 0.05) is 24.7 Å². The molecule has 1 aliphatic rings. The summed E-state index contributed by atoms with van der Waals surface area (Å²) in [6.45, 7) is 0.712. The Kier molecular flexibility index (Phi) is 5.31. The fraction of sp³-hybridized carbons (Fsp3) is 0.143. The van der Waals surface area contributed by atoms with Crippen LogP contribution >= 0.6 is 0 Å². The fourth-order valence-corrected chi connectivity index (χ4v) is 4.33. The van der Waals surface area contributed by atoms with Crippen LogP contribution in [0.3, 0.4) is 0 Å². The average Bonchev–Trinajstić information content (AvgIpc) is 3.50. The zero-order valence-electron chi connectivity index (χ0n) is 17.6. The minimum absolute atomic E-state index is 0.0184. The van der Waals surface area contributed by atoms with E-state index in [4.69, 9.17) is 10.00 Å². The first-order valence-electron chi connectivity index (χ1n) is 10.7. The lowest BCUT2D eigenvalue weighted by Crippen LogP contribution is -2.12. The number of fused-ring (bicyclic) bond motifs is 1. The molecule has 3 aromatic carbocycles. The average molecular weight is 418 g/mol. The molecule has 0 saturated heterocycles. The molecule has 0 N–H and O–H groups in total. The highest BCUT2D eigenvalue weighted by Crippen LogP contribution is 2.32. The molecule has 0 saturated carbocycles. The van der Waals surface area contributed by atoms with Gasteiger partial charge in [-0.3, -0.25) is 9.36 Å². The smallest absolute Gasteiger partial charge is 0.234 e. The van der Waals surface area contributed by atoms with E-state index in [1.54, 1.807) is 4.57 Å². The number of carbonyl (C=O) groups excluding carboxylic acids is 1. The van der Waals surface area contributed by atoms with Crippen LogP contribution in [-0.4, -0.2) is 17.1 Å². The van der Waals surface area contributed by atoms with E-state index in [1.807, 2.05) is 73.1 Å². The molecule has 1 aromatic heterocycles. The van der Waals surface area contributed by atoms with E-state index in [0.717, 1.165) is 34.4 Å². The summed E-state index contributed by atoms with van der Waals surface area (Å²) in [7, 11) is 0. The number of nitriles is 1. The third-order valence-corrected chi connectivity index (χ3v) is 5.95. The van der Waals surface area contributed by atoms with E-state index in [1.165, 1.54) is 5.56 Å². The number of carbonyl (C=O) groups is 1. The van der Waals surface area contributed by atoms with Gasteiger partial charge in [-0.1, -0.05) is 54.6 Å². The molecule has 0 aliphatic carbocycles. The van der Waals surface area contributed by atoms with Crippen LogP contribution in [0.1, 0.15) is 44.1 Å². The monoisotopic (exact) mass is 418 g/mol. The summed E-state index contributed by atoms with van der Waals surface area (Å²) in [5.41, 5.74) is 6.07. The quantitative estimate of drug-likeness (QED) is 0.439. The highest BCUT2D eigenvalue weighted by Gasteiger charge is 2.19. The molecular weight excluding hydrogens is 396 g/mol. The van der Waals surface area contributed by atoms with Crippen molar-refractivity contribution in [3.8, 4) is 11.8 Å². The lowest BCUT2D eigenvalue weighted by Gasteiger charge is -2.17. The van der Waals surface area contributed by atoms with Crippen molar-refractivity contribution in [2.75, 3.05) is 6.61 Å². The van der Waals surface area contributed by atoms with Crippen LogP contribution in [-0.2, 0) is 12.8 Å². The highest BCUT2D eigenvalue weighted by molar-refractivity contribution is 5.81. The summed E-state index contributed by atoms with van der Waals surface area (Å²) in [6, 6.07) is 28.1. The maximum atomic E-state index is 13.0. The molecular formula is C28H22N2O2. The van der Waals surface area contributed by atoms with Crippen molar-refractivity contribution in [1.29, 1.82) is 5.26 Å². The third-order valence-electron chi connectivity index (χ3n) is 5.95. The molecule has 0 bridgehead atoms. The van der Waals surface area contributed by atoms with E-state index in [0.29, 0.717) is 18.6 Å². The Morgan fingerprint density at radius 3 is 2.53 bits per heavy atom. The van der Waals surface area contributed by atoms with Crippen LogP contribution in [0.5, 0.6) is 5.75 Å². The van der Waals surface area contributed by atoms with E-state index in [9.17, 15) is 4.79 Å². The third kappa shape index (κ3) is 3.93. The van der Waals surface area contributed by atoms with Gasteiger partial charge in [0.15, 0.2) is 0 Å². The topological polar surface area (TPSA) is 55.0 Å². The zero-order valence-corrected chi connectivity index (χ0v) is 17.6. The molecule has 0 spiro atoms. The number of ether oxygens (including phenoxy) is 1. The summed E-state index contributed by atoms with van der Waals surface area (Å²) >= 11 is 0. The van der Waals surface area contributed by atoms with Gasteiger partial charge in [-0.05, 0) is 52.1 Å². The van der Waals surface area contributed by atoms with Crippen LogP contribution in [0.15, 0.2) is 91.3 Å². The van der Waals surface area contributed by atoms with Crippen LogP contribution in [0.25, 0.3) is 0 Å². The summed E-state index contributed by atoms with van der Waals surface area (Å²) < 4.78 is 7.24. The Morgan fingerprint density at radius 1 is 0.969 bits per heavy atom. The Morgan fingerprint density at radius 2 is 1.75 bits per heavy atom. The molecule has 4 heteroatoms. The Hall–Kier alpha value is -4.10. The van der Waals surface area contributed by atoms with Gasteiger partial charge in [0.05, 0.1) is 24.7 Å². The predicted molar refractivity (Wildman–Crippen MR) is 123 cm³/mol. The van der Waals surface area contributed by atoms with Crippen molar-refractivity contribution in [3.05, 3.63) is 125 Å². The van der Waals surface area contributed by atoms with Crippen molar-refractivity contribution in [2.45, 2.75) is 18.8 Å². The van der Waals surface area contributed by atoms with Gasteiger partial charge in [-0.2, -0.15) is 5.26 Å². The number of rotatable bonds is 5. The van der Waals surface area contributed by atoms with E-state index in [2.05, 4.69) is 24.3 Å². The fourth-order valence-electron chi connectivity index (χ4n) is 4.33. The summed E-state index contributed by atoms with van der Waals surface area (Å²) in [6.07, 6.45) is 5.01. The molecule has 0 fully saturated rings. The van der Waals surface area contributed by atoms with Gasteiger partial charge in [0.2, 0.25) is 5.91 Å². The van der Waals surface area contributed by atoms with Crippen LogP contribution in [0.2, 0.25) is 0 Å². The zero-order chi connectivity index (χ0) is 21.9. The van der Waals surface area contributed by atoms with E-state index in [-0.39, 0.29) is 11.8 Å². The minimum atomic E-state index is -0.0184. The molecule has 0 amide bonds. The van der Waals surface area contributed by atoms with Crippen molar-refractivity contribution in [1.82, 2.24) is 4.57 Å². The molecule has 4 nitrogen and oxygen atoms in total. The normalized spacial score (nSPS) is 13.1. The first-order valence-corrected chi connectivity index (χ1v) is 10.7. The summed E-state index contributed by atoms with van der Waals surface area (Å²) in [5.74, 6) is 0.939. The van der Waals surface area contributed by atoms with Crippen LogP contribution in [0, 0.1) is 11.3 Å². The Balaban J connectivity index is 1.43. The van der Waals surface area contributed by atoms with Crippen molar-refractivity contribution < 1.29 is 9.53 Å². The number of aromatic nitrogens is 1. The van der Waals surface area contributed by atoms with Crippen LogP contribution < -0.4 is 4.74 Å². The number of hydrogen-bond donors (Lipinski definition) is 0. The standard InChI is InChI=1S/C28H22N2O2/c29-18-20-6-9-23(10-7-20)28(22-4-2-1-3-5-22)25-12-14-30(19-25)27(31)17-21-8-11-26-24(16-21)13-15-32-26/h1-12,14,16,19,28H,13,15,17H2/t28-/m0/s1. The van der Waals surface area contributed by atoms with Gasteiger partial charge in [0.25, 0.3) is 0 Å². The minimum Gasteiger partial charge on any atom is -0.493 e. The maximum Gasteiger partial charge on any atom is 0.234 e. The summed E-state index contributed by atoms with van der Waals surface area (Å²) in [4.78, 5) is 13.0. The number of nitrogens with zero attached hydrogens (tertiary/aromatic N) is 2. The molecule has 1 aliphatic heterocycles. The molecule has 2 heterocycles. The predicted octanol–water partition coefficient (Wildman–Crippen LogP) is 5.36. The molecule has 0 unspecified atom stereocenters. The molecule has 1 atom stereocenters. The Labute approximate surface area is 187 Å². The maximum absolute atomic E-state index is 13.0. The highest BCUT2D eigenvalue weighted by atomic mass is 16.5. The second kappa shape index (κ2) is 8.56. The van der Waals surface area contributed by atoms with Crippen molar-refractivity contribution in [2.24, 2.45) is 0 Å². The Bertz CT molecular complexity index is 1300. The number of hydrogen-bond acceptors (Lipinski definition) is 3. The molecule has 5 rings (SSSR count). The first-order chi connectivity index (χ1) is 15.7. The van der Waals surface area contributed by atoms with Gasteiger partial charge in [0.1, 0.15) is 5.75 Å².